The summed E-state index contributed by atoms with van der Waals surface area (Å²) in [6.45, 7) is 3.44. The molecule has 1 saturated heterocycles. The van der Waals surface area contributed by atoms with E-state index < -0.39 is 49.5 Å². The molecule has 9 heteroatoms. The minimum absolute atomic E-state index is 0.204. The van der Waals surface area contributed by atoms with Crippen LogP contribution in [-0.4, -0.2) is 87.5 Å². The van der Waals surface area contributed by atoms with Crippen molar-refractivity contribution in [2.75, 3.05) is 13.2 Å². The second-order valence-corrected chi connectivity index (χ2v) is 10.2. The highest BCUT2D eigenvalue weighted by atomic mass is 16.7. The SMILES string of the molecule is CCCCCCCCC/C=C/CC/C=C/C(O)C(COC1OC(CO)C(O)C(O)C1O)NC(=O)CCCC. The van der Waals surface area contributed by atoms with E-state index in [4.69, 9.17) is 9.47 Å². The van der Waals surface area contributed by atoms with Crippen molar-refractivity contribution in [3.05, 3.63) is 24.3 Å². The van der Waals surface area contributed by atoms with Gasteiger partial charge in [0.05, 0.1) is 25.4 Å². The van der Waals surface area contributed by atoms with Crippen LogP contribution in [0.5, 0.6) is 0 Å². The molecule has 0 spiro atoms. The predicted molar refractivity (Wildman–Crippen MR) is 147 cm³/mol. The number of hydrogen-bond donors (Lipinski definition) is 6. The zero-order chi connectivity index (χ0) is 28.2. The maximum atomic E-state index is 12.3. The predicted octanol–water partition coefficient (Wildman–Crippen LogP) is 2.87. The van der Waals surface area contributed by atoms with E-state index in [1.807, 2.05) is 13.0 Å². The third-order valence-corrected chi connectivity index (χ3v) is 6.78. The summed E-state index contributed by atoms with van der Waals surface area (Å²) in [7, 11) is 0. The summed E-state index contributed by atoms with van der Waals surface area (Å²) in [6.07, 6.45) is 13.4. The van der Waals surface area contributed by atoms with Gasteiger partial charge in [0, 0.05) is 6.42 Å². The summed E-state index contributed by atoms with van der Waals surface area (Å²) in [6, 6.07) is -0.809. The summed E-state index contributed by atoms with van der Waals surface area (Å²) >= 11 is 0. The van der Waals surface area contributed by atoms with Crippen molar-refractivity contribution in [3.63, 3.8) is 0 Å². The van der Waals surface area contributed by atoms with Crippen LogP contribution in [0.3, 0.4) is 0 Å². The van der Waals surface area contributed by atoms with E-state index in [-0.39, 0.29) is 12.5 Å². The van der Waals surface area contributed by atoms with E-state index in [9.17, 15) is 30.3 Å². The number of ether oxygens (including phenoxy) is 2. The lowest BCUT2D eigenvalue weighted by Gasteiger charge is -2.40. The summed E-state index contributed by atoms with van der Waals surface area (Å²) in [5.41, 5.74) is 0. The van der Waals surface area contributed by atoms with Gasteiger partial charge in [-0.25, -0.2) is 0 Å². The standard InChI is InChI=1S/C29H53NO8/c1-3-5-7-8-9-10-11-12-13-14-15-16-17-18-23(32)22(30-25(33)19-6-4-2)21-37-29-28(36)27(35)26(34)24(20-31)38-29/h13-14,17-18,22-24,26-29,31-32,34-36H,3-12,15-16,19-21H2,1-2H3,(H,30,33)/b14-13+,18-17+. The first kappa shape index (κ1) is 34.7. The van der Waals surface area contributed by atoms with Crippen LogP contribution in [0.4, 0.5) is 0 Å². The molecular weight excluding hydrogens is 490 g/mol. The van der Waals surface area contributed by atoms with Crippen LogP contribution in [0.2, 0.25) is 0 Å². The van der Waals surface area contributed by atoms with Gasteiger partial charge in [0.2, 0.25) is 5.91 Å². The molecular formula is C29H53NO8. The van der Waals surface area contributed by atoms with Gasteiger partial charge in [0.15, 0.2) is 6.29 Å². The van der Waals surface area contributed by atoms with Crippen LogP contribution in [0.1, 0.15) is 97.3 Å². The van der Waals surface area contributed by atoms with Crippen molar-refractivity contribution in [2.45, 2.75) is 140 Å². The normalized spacial score (nSPS) is 25.7. The van der Waals surface area contributed by atoms with Crippen molar-refractivity contribution in [3.8, 4) is 0 Å². The summed E-state index contributed by atoms with van der Waals surface area (Å²) in [4.78, 5) is 12.3. The van der Waals surface area contributed by atoms with Gasteiger partial charge in [-0.1, -0.05) is 83.1 Å². The number of allylic oxidation sites excluding steroid dienone is 3. The van der Waals surface area contributed by atoms with Gasteiger partial charge in [-0.3, -0.25) is 4.79 Å². The number of unbranched alkanes of at least 4 members (excludes halogenated alkanes) is 9. The first-order chi connectivity index (χ1) is 18.3. The van der Waals surface area contributed by atoms with Gasteiger partial charge < -0.3 is 40.3 Å². The Morgan fingerprint density at radius 2 is 1.50 bits per heavy atom. The van der Waals surface area contributed by atoms with E-state index >= 15 is 0 Å². The average Bonchev–Trinajstić information content (AvgIpc) is 2.91. The Morgan fingerprint density at radius 1 is 0.868 bits per heavy atom. The molecule has 222 valence electrons. The van der Waals surface area contributed by atoms with Crippen molar-refractivity contribution in [2.24, 2.45) is 0 Å². The maximum absolute atomic E-state index is 12.3. The van der Waals surface area contributed by atoms with Gasteiger partial charge in [0.25, 0.3) is 0 Å². The Kier molecular flexibility index (Phi) is 19.6. The van der Waals surface area contributed by atoms with Crippen LogP contribution in [-0.2, 0) is 14.3 Å². The molecule has 1 aliphatic rings. The minimum Gasteiger partial charge on any atom is -0.394 e. The molecule has 1 aliphatic heterocycles. The van der Waals surface area contributed by atoms with Crippen molar-refractivity contribution < 1.29 is 39.8 Å². The van der Waals surface area contributed by atoms with Crippen LogP contribution in [0, 0.1) is 0 Å². The van der Waals surface area contributed by atoms with Crippen molar-refractivity contribution in [1.82, 2.24) is 5.32 Å². The molecule has 1 rings (SSSR count). The molecule has 0 aromatic carbocycles. The largest absolute Gasteiger partial charge is 0.394 e. The lowest BCUT2D eigenvalue weighted by Crippen LogP contribution is -2.60. The number of aliphatic hydroxyl groups excluding tert-OH is 5. The smallest absolute Gasteiger partial charge is 0.220 e. The number of amides is 1. The van der Waals surface area contributed by atoms with E-state index in [0.717, 1.165) is 25.7 Å². The van der Waals surface area contributed by atoms with E-state index in [0.29, 0.717) is 12.8 Å². The second-order valence-electron chi connectivity index (χ2n) is 10.2. The fourth-order valence-corrected chi connectivity index (χ4v) is 4.26. The lowest BCUT2D eigenvalue weighted by molar-refractivity contribution is -0.302. The zero-order valence-electron chi connectivity index (χ0n) is 23.4. The topological polar surface area (TPSA) is 149 Å². The quantitative estimate of drug-likeness (QED) is 0.0956. The van der Waals surface area contributed by atoms with Gasteiger partial charge in [-0.15, -0.1) is 0 Å². The second kappa shape index (κ2) is 21.5. The van der Waals surface area contributed by atoms with Crippen LogP contribution < -0.4 is 5.32 Å². The monoisotopic (exact) mass is 543 g/mol. The third-order valence-electron chi connectivity index (χ3n) is 6.78. The lowest BCUT2D eigenvalue weighted by atomic mass is 9.99. The first-order valence-electron chi connectivity index (χ1n) is 14.6. The summed E-state index contributed by atoms with van der Waals surface area (Å²) in [5.74, 6) is -0.227. The first-order valence-corrected chi connectivity index (χ1v) is 14.6. The van der Waals surface area contributed by atoms with Gasteiger partial charge in [-0.05, 0) is 32.1 Å². The molecule has 0 aliphatic carbocycles. The Bertz CT molecular complexity index is 656. The number of carbonyl (C=O) groups is 1. The molecule has 9 nitrogen and oxygen atoms in total. The molecule has 6 N–H and O–H groups in total. The van der Waals surface area contributed by atoms with E-state index in [1.165, 1.54) is 44.9 Å². The van der Waals surface area contributed by atoms with Crippen molar-refractivity contribution in [1.29, 1.82) is 0 Å². The Balaban J connectivity index is 2.50. The number of rotatable bonds is 21. The Morgan fingerprint density at radius 3 is 2.18 bits per heavy atom. The maximum Gasteiger partial charge on any atom is 0.220 e. The minimum atomic E-state index is -1.56. The number of carbonyl (C=O) groups excluding carboxylic acids is 1. The van der Waals surface area contributed by atoms with E-state index in [2.05, 4.69) is 24.4 Å². The molecule has 0 aromatic rings. The molecule has 1 amide bonds. The fourth-order valence-electron chi connectivity index (χ4n) is 4.26. The van der Waals surface area contributed by atoms with Gasteiger partial charge >= 0.3 is 0 Å². The molecule has 7 unspecified atom stereocenters. The fraction of sp³-hybridized carbons (Fsp3) is 0.828. The van der Waals surface area contributed by atoms with Gasteiger partial charge in [-0.2, -0.15) is 0 Å². The molecule has 7 atom stereocenters. The number of nitrogens with one attached hydrogen (secondary N) is 1. The highest BCUT2D eigenvalue weighted by Gasteiger charge is 2.44. The van der Waals surface area contributed by atoms with E-state index in [1.54, 1.807) is 6.08 Å². The number of hydrogen-bond acceptors (Lipinski definition) is 8. The molecule has 38 heavy (non-hydrogen) atoms. The summed E-state index contributed by atoms with van der Waals surface area (Å²) < 4.78 is 10.9. The number of aliphatic hydroxyl groups is 5. The molecule has 1 heterocycles. The zero-order valence-corrected chi connectivity index (χ0v) is 23.4. The highest BCUT2D eigenvalue weighted by molar-refractivity contribution is 5.76. The third kappa shape index (κ3) is 14.2. The Labute approximate surface area is 228 Å². The van der Waals surface area contributed by atoms with Crippen LogP contribution in [0.15, 0.2) is 24.3 Å². The molecule has 0 bridgehead atoms. The highest BCUT2D eigenvalue weighted by Crippen LogP contribution is 2.22. The van der Waals surface area contributed by atoms with Crippen molar-refractivity contribution >= 4 is 5.91 Å². The Hall–Kier alpha value is -1.33. The van der Waals surface area contributed by atoms with Crippen LogP contribution in [0.25, 0.3) is 0 Å². The summed E-state index contributed by atoms with van der Waals surface area (Å²) in [5, 5.41) is 52.9. The molecule has 0 radical (unpaired) electrons. The molecule has 0 saturated carbocycles. The molecule has 1 fully saturated rings. The molecule has 0 aromatic heterocycles. The average molecular weight is 544 g/mol. The van der Waals surface area contributed by atoms with Crippen LogP contribution >= 0.6 is 0 Å². The van der Waals surface area contributed by atoms with Gasteiger partial charge in [0.1, 0.15) is 24.4 Å².